The Morgan fingerprint density at radius 1 is 1.23 bits per heavy atom. The molecule has 9 nitrogen and oxygen atoms in total. The van der Waals surface area contributed by atoms with Crippen LogP contribution in [-0.2, 0) is 9.59 Å². The molecule has 0 aromatic heterocycles. The average molecular weight is 430 g/mol. The molecule has 1 atom stereocenters. The number of nitrogens with one attached hydrogen (secondary N) is 3. The lowest BCUT2D eigenvalue weighted by Gasteiger charge is -2.08. The van der Waals surface area contributed by atoms with E-state index < -0.39 is 11.9 Å². The molecule has 0 spiro atoms. The lowest BCUT2D eigenvalue weighted by molar-refractivity contribution is -0.123. The van der Waals surface area contributed by atoms with Gasteiger partial charge >= 0.3 is 0 Å². The average Bonchev–Trinajstić information content (AvgIpc) is 3.08. The molecular formula is C20H20ClN5O4. The Bertz CT molecular complexity index is 1010. The van der Waals surface area contributed by atoms with E-state index in [1.807, 2.05) is 0 Å². The third-order valence-electron chi connectivity index (χ3n) is 4.15. The Labute approximate surface area is 178 Å². The second-order valence-electron chi connectivity index (χ2n) is 6.20. The molecule has 2 aromatic carbocycles. The van der Waals surface area contributed by atoms with Gasteiger partial charge in [-0.3, -0.25) is 14.9 Å². The van der Waals surface area contributed by atoms with Gasteiger partial charge in [0.15, 0.2) is 11.5 Å². The number of halogens is 1. The summed E-state index contributed by atoms with van der Waals surface area (Å²) in [6.07, 6.45) is 1.41. The van der Waals surface area contributed by atoms with Gasteiger partial charge in [0, 0.05) is 0 Å². The number of hydrogen-bond acceptors (Lipinski definition) is 7. The maximum atomic E-state index is 12.2. The van der Waals surface area contributed by atoms with Gasteiger partial charge in [0.05, 0.1) is 37.6 Å². The van der Waals surface area contributed by atoms with E-state index in [1.165, 1.54) is 6.21 Å². The highest BCUT2D eigenvalue weighted by molar-refractivity contribution is 6.33. The van der Waals surface area contributed by atoms with Gasteiger partial charge in [0.2, 0.25) is 11.9 Å². The predicted octanol–water partition coefficient (Wildman–Crippen LogP) is 2.16. The smallest absolute Gasteiger partial charge is 0.252 e. The highest BCUT2D eigenvalue weighted by Gasteiger charge is 2.28. The van der Waals surface area contributed by atoms with Gasteiger partial charge < -0.3 is 14.8 Å². The number of amides is 2. The third-order valence-corrected chi connectivity index (χ3v) is 4.48. The molecule has 0 radical (unpaired) electrons. The van der Waals surface area contributed by atoms with Crippen molar-refractivity contribution in [2.75, 3.05) is 19.5 Å². The summed E-state index contributed by atoms with van der Waals surface area (Å²) in [5.41, 5.74) is 3.88. The largest absolute Gasteiger partial charge is 0.493 e. The normalized spacial score (nSPS) is 15.5. The van der Waals surface area contributed by atoms with Gasteiger partial charge in [-0.1, -0.05) is 23.7 Å². The number of hydrogen-bond donors (Lipinski definition) is 3. The van der Waals surface area contributed by atoms with Crippen molar-refractivity contribution in [1.82, 2.24) is 10.7 Å². The molecule has 30 heavy (non-hydrogen) atoms. The van der Waals surface area contributed by atoms with Crippen LogP contribution in [0.1, 0.15) is 12.0 Å². The van der Waals surface area contributed by atoms with Gasteiger partial charge in [-0.05, 0) is 35.9 Å². The summed E-state index contributed by atoms with van der Waals surface area (Å²) in [7, 11) is 3.10. The summed E-state index contributed by atoms with van der Waals surface area (Å²) in [5.74, 6) is 0.563. The van der Waals surface area contributed by atoms with Crippen LogP contribution in [0.5, 0.6) is 11.5 Å². The molecule has 0 aliphatic carbocycles. The van der Waals surface area contributed by atoms with Crippen LogP contribution in [0.4, 0.5) is 5.69 Å². The van der Waals surface area contributed by atoms with Crippen molar-refractivity contribution in [2.24, 2.45) is 10.1 Å². The summed E-state index contributed by atoms with van der Waals surface area (Å²) in [5, 5.41) is 9.67. The van der Waals surface area contributed by atoms with Crippen LogP contribution in [0.15, 0.2) is 52.6 Å². The Morgan fingerprint density at radius 3 is 2.73 bits per heavy atom. The molecule has 1 aliphatic rings. The van der Waals surface area contributed by atoms with Crippen LogP contribution in [0.3, 0.4) is 0 Å². The van der Waals surface area contributed by atoms with Crippen molar-refractivity contribution in [3.63, 3.8) is 0 Å². The lowest BCUT2D eigenvalue weighted by Crippen LogP contribution is -2.35. The van der Waals surface area contributed by atoms with Gasteiger partial charge in [-0.15, -0.1) is 0 Å². The zero-order valence-electron chi connectivity index (χ0n) is 16.3. The number of carbonyl (C=O) groups excluding carboxylic acids is 2. The van der Waals surface area contributed by atoms with Crippen LogP contribution >= 0.6 is 11.6 Å². The molecule has 1 aliphatic heterocycles. The summed E-state index contributed by atoms with van der Waals surface area (Å²) in [6.45, 7) is 0. The van der Waals surface area contributed by atoms with E-state index in [1.54, 1.807) is 56.7 Å². The van der Waals surface area contributed by atoms with E-state index in [0.29, 0.717) is 22.2 Å². The fourth-order valence-electron chi connectivity index (χ4n) is 2.68. The minimum absolute atomic E-state index is 0.123. The summed E-state index contributed by atoms with van der Waals surface area (Å²) < 4.78 is 10.4. The van der Waals surface area contributed by atoms with Crippen LogP contribution in [-0.4, -0.2) is 44.2 Å². The number of para-hydroxylation sites is 1. The molecule has 0 fully saturated rings. The molecule has 3 rings (SSSR count). The number of anilines is 1. The first-order valence-corrected chi connectivity index (χ1v) is 9.32. The molecule has 0 saturated carbocycles. The van der Waals surface area contributed by atoms with Crippen molar-refractivity contribution < 1.29 is 19.1 Å². The van der Waals surface area contributed by atoms with Crippen LogP contribution in [0.25, 0.3) is 0 Å². The minimum Gasteiger partial charge on any atom is -0.493 e. The minimum atomic E-state index is -0.855. The highest BCUT2D eigenvalue weighted by atomic mass is 35.5. The number of carbonyl (C=O) groups is 2. The number of nitrogens with zero attached hydrogens (tertiary/aromatic N) is 2. The fraction of sp³-hybridized carbons (Fsp3) is 0.200. The molecule has 156 valence electrons. The maximum absolute atomic E-state index is 12.2. The van der Waals surface area contributed by atoms with Crippen LogP contribution in [0.2, 0.25) is 5.02 Å². The molecule has 1 unspecified atom stereocenters. The third kappa shape index (κ3) is 5.26. The van der Waals surface area contributed by atoms with Crippen LogP contribution in [0, 0.1) is 0 Å². The summed E-state index contributed by atoms with van der Waals surface area (Å²) in [6, 6.07) is 11.3. The van der Waals surface area contributed by atoms with Gasteiger partial charge in [-0.2, -0.15) is 5.10 Å². The zero-order valence-corrected chi connectivity index (χ0v) is 17.1. The lowest BCUT2D eigenvalue weighted by atomic mass is 10.2. The van der Waals surface area contributed by atoms with Gasteiger partial charge in [0.25, 0.3) is 5.91 Å². The van der Waals surface area contributed by atoms with E-state index >= 15 is 0 Å². The van der Waals surface area contributed by atoms with Crippen molar-refractivity contribution >= 4 is 41.3 Å². The Hall–Kier alpha value is -3.59. The summed E-state index contributed by atoms with van der Waals surface area (Å²) >= 11 is 6.02. The quantitative estimate of drug-likeness (QED) is 0.461. The van der Waals surface area contributed by atoms with Crippen molar-refractivity contribution in [3.8, 4) is 11.5 Å². The van der Waals surface area contributed by atoms with E-state index in [9.17, 15) is 9.59 Å². The van der Waals surface area contributed by atoms with Crippen LogP contribution < -0.4 is 25.5 Å². The van der Waals surface area contributed by atoms with E-state index in [0.717, 1.165) is 5.56 Å². The fourth-order valence-corrected chi connectivity index (χ4v) is 2.87. The molecule has 0 bridgehead atoms. The second kappa shape index (κ2) is 9.75. The van der Waals surface area contributed by atoms with Crippen molar-refractivity contribution in [3.05, 3.63) is 53.1 Å². The molecule has 3 N–H and O–H groups in total. The number of hydrazone groups is 1. The molecular weight excluding hydrogens is 410 g/mol. The number of guanidine groups is 1. The number of benzene rings is 2. The maximum Gasteiger partial charge on any atom is 0.252 e. The second-order valence-corrected chi connectivity index (χ2v) is 6.61. The first-order valence-electron chi connectivity index (χ1n) is 8.94. The van der Waals surface area contributed by atoms with E-state index in [2.05, 4.69) is 26.2 Å². The molecule has 10 heteroatoms. The molecule has 2 amide bonds. The number of methoxy groups -OCH3 is 2. The standard InChI is InChI=1S/C20H20ClN5O4/c1-29-16-8-7-12(9-17(16)30-2)11-22-26-20-24-15(19(28)25-20)10-18(27)23-14-6-4-3-5-13(14)21/h3-9,11,15H,10H2,1-2H3,(H,23,27)(H2,24,25,26,28)/b22-11+. The number of aliphatic imine (C=N–C) groups is 1. The monoisotopic (exact) mass is 429 g/mol. The predicted molar refractivity (Wildman–Crippen MR) is 114 cm³/mol. The van der Waals surface area contributed by atoms with Crippen molar-refractivity contribution in [2.45, 2.75) is 12.5 Å². The summed E-state index contributed by atoms with van der Waals surface area (Å²) in [4.78, 5) is 28.4. The Kier molecular flexibility index (Phi) is 6.87. The van der Waals surface area contributed by atoms with Gasteiger partial charge in [-0.25, -0.2) is 10.4 Å². The Balaban J connectivity index is 1.57. The SMILES string of the molecule is COc1ccc(/C=N/NC2=NC(CC(=O)Nc3ccccc3Cl)C(=O)N2)cc1OC. The van der Waals surface area contributed by atoms with Gasteiger partial charge in [0.1, 0.15) is 6.04 Å². The number of rotatable bonds is 7. The molecule has 1 heterocycles. The van der Waals surface area contributed by atoms with E-state index in [4.69, 9.17) is 21.1 Å². The number of ether oxygens (including phenoxy) is 2. The first kappa shape index (κ1) is 21.1. The first-order chi connectivity index (χ1) is 14.5. The zero-order chi connectivity index (χ0) is 21.5. The molecule has 2 aromatic rings. The molecule has 0 saturated heterocycles. The van der Waals surface area contributed by atoms with Crippen molar-refractivity contribution in [1.29, 1.82) is 0 Å². The van der Waals surface area contributed by atoms with E-state index in [-0.39, 0.29) is 18.3 Å². The highest BCUT2D eigenvalue weighted by Crippen LogP contribution is 2.26. The topological polar surface area (TPSA) is 113 Å². The Morgan fingerprint density at radius 2 is 2.00 bits per heavy atom.